The van der Waals surface area contributed by atoms with Gasteiger partial charge in [0.1, 0.15) is 4.88 Å². The lowest BCUT2D eigenvalue weighted by molar-refractivity contribution is -0.134. The van der Waals surface area contributed by atoms with Gasteiger partial charge in [-0.15, -0.1) is 0 Å². The van der Waals surface area contributed by atoms with Crippen molar-refractivity contribution in [3.05, 3.63) is 39.3 Å². The molecule has 4 nitrogen and oxygen atoms in total. The maximum Gasteiger partial charge on any atom is 0.427 e. The molecule has 23 heavy (non-hydrogen) atoms. The van der Waals surface area contributed by atoms with Crippen LogP contribution in [0.3, 0.4) is 0 Å². The standard InChI is InChI=1S/C14H13BrF3N3OS/c1-8-2-3-9(15)6-10(8)21-12(22)4-5-19-13-20-7-11(23-13)14(16,17)18/h2-3,6-7H,4-5H2,1H3,(H,19,20)(H,21,22). The van der Waals surface area contributed by atoms with E-state index in [0.29, 0.717) is 17.0 Å². The van der Waals surface area contributed by atoms with E-state index in [0.717, 1.165) is 16.2 Å². The van der Waals surface area contributed by atoms with E-state index in [9.17, 15) is 18.0 Å². The van der Waals surface area contributed by atoms with Crippen molar-refractivity contribution in [2.45, 2.75) is 19.5 Å². The minimum atomic E-state index is -4.40. The van der Waals surface area contributed by atoms with Gasteiger partial charge in [0, 0.05) is 23.1 Å². The number of carbonyl (C=O) groups excluding carboxylic acids is 1. The molecule has 1 aromatic carbocycles. The molecule has 0 radical (unpaired) electrons. The number of amides is 1. The normalized spacial score (nSPS) is 11.3. The fourth-order valence-corrected chi connectivity index (χ4v) is 2.78. The first-order chi connectivity index (χ1) is 10.8. The molecule has 0 atom stereocenters. The highest BCUT2D eigenvalue weighted by atomic mass is 79.9. The van der Waals surface area contributed by atoms with Gasteiger partial charge >= 0.3 is 6.18 Å². The summed E-state index contributed by atoms with van der Waals surface area (Å²) in [7, 11) is 0. The number of halogens is 4. The van der Waals surface area contributed by atoms with E-state index in [4.69, 9.17) is 0 Å². The van der Waals surface area contributed by atoms with Crippen LogP contribution in [0.5, 0.6) is 0 Å². The fourth-order valence-electron chi connectivity index (χ4n) is 1.71. The van der Waals surface area contributed by atoms with Crippen molar-refractivity contribution < 1.29 is 18.0 Å². The number of aryl methyl sites for hydroxylation is 1. The summed E-state index contributed by atoms with van der Waals surface area (Å²) >= 11 is 3.84. The number of rotatable bonds is 5. The molecule has 0 aliphatic carbocycles. The first-order valence-electron chi connectivity index (χ1n) is 6.58. The third-order valence-electron chi connectivity index (χ3n) is 2.89. The summed E-state index contributed by atoms with van der Waals surface area (Å²) in [6.07, 6.45) is -3.50. The number of hydrogen-bond donors (Lipinski definition) is 2. The Hall–Kier alpha value is -1.61. The van der Waals surface area contributed by atoms with Gasteiger partial charge in [-0.2, -0.15) is 13.2 Å². The van der Waals surface area contributed by atoms with Crippen molar-refractivity contribution in [2.24, 2.45) is 0 Å². The van der Waals surface area contributed by atoms with Crippen molar-refractivity contribution in [2.75, 3.05) is 17.2 Å². The Labute approximate surface area is 143 Å². The van der Waals surface area contributed by atoms with Gasteiger partial charge in [0.2, 0.25) is 5.91 Å². The van der Waals surface area contributed by atoms with Gasteiger partial charge in [0.15, 0.2) is 5.13 Å². The molecule has 9 heteroatoms. The van der Waals surface area contributed by atoms with Gasteiger partial charge in [0.05, 0.1) is 6.20 Å². The first-order valence-corrected chi connectivity index (χ1v) is 8.19. The maximum absolute atomic E-state index is 12.4. The molecule has 0 saturated carbocycles. The van der Waals surface area contributed by atoms with E-state index in [1.165, 1.54) is 0 Å². The van der Waals surface area contributed by atoms with Gasteiger partial charge in [-0.05, 0) is 24.6 Å². The van der Waals surface area contributed by atoms with Crippen molar-refractivity contribution in [3.8, 4) is 0 Å². The highest BCUT2D eigenvalue weighted by Gasteiger charge is 2.33. The number of anilines is 2. The minimum Gasteiger partial charge on any atom is -0.361 e. The molecule has 1 amide bonds. The van der Waals surface area contributed by atoms with Crippen molar-refractivity contribution in [3.63, 3.8) is 0 Å². The third-order valence-corrected chi connectivity index (χ3v) is 4.38. The van der Waals surface area contributed by atoms with Crippen molar-refractivity contribution in [1.82, 2.24) is 4.98 Å². The molecule has 0 aliphatic heterocycles. The molecule has 0 fully saturated rings. The van der Waals surface area contributed by atoms with Crippen LogP contribution in [-0.4, -0.2) is 17.4 Å². The lowest BCUT2D eigenvalue weighted by atomic mass is 10.2. The molecular weight excluding hydrogens is 395 g/mol. The predicted molar refractivity (Wildman–Crippen MR) is 87.7 cm³/mol. The molecule has 0 spiro atoms. The monoisotopic (exact) mass is 407 g/mol. The van der Waals surface area contributed by atoms with E-state index in [1.54, 1.807) is 6.07 Å². The molecule has 1 aromatic heterocycles. The molecule has 0 bridgehead atoms. The quantitative estimate of drug-likeness (QED) is 0.756. The van der Waals surface area contributed by atoms with E-state index in [1.807, 2.05) is 19.1 Å². The number of nitrogens with one attached hydrogen (secondary N) is 2. The van der Waals surface area contributed by atoms with Gasteiger partial charge < -0.3 is 10.6 Å². The summed E-state index contributed by atoms with van der Waals surface area (Å²) in [6.45, 7) is 2.07. The number of thiazole rings is 1. The van der Waals surface area contributed by atoms with E-state index in [-0.39, 0.29) is 24.0 Å². The molecule has 2 rings (SSSR count). The van der Waals surface area contributed by atoms with Crippen molar-refractivity contribution >= 4 is 44.0 Å². The molecule has 2 aromatic rings. The molecule has 0 unspecified atom stereocenters. The van der Waals surface area contributed by atoms with Crippen molar-refractivity contribution in [1.29, 1.82) is 0 Å². The smallest absolute Gasteiger partial charge is 0.361 e. The summed E-state index contributed by atoms with van der Waals surface area (Å²) in [5, 5.41) is 5.62. The minimum absolute atomic E-state index is 0.118. The summed E-state index contributed by atoms with van der Waals surface area (Å²) in [6, 6.07) is 5.52. The highest BCUT2D eigenvalue weighted by Crippen LogP contribution is 2.34. The number of aromatic nitrogens is 1. The van der Waals surface area contributed by atoms with Gasteiger partial charge in [-0.3, -0.25) is 4.79 Å². The Balaban J connectivity index is 1.83. The molecular formula is C14H13BrF3N3OS. The Morgan fingerprint density at radius 2 is 2.13 bits per heavy atom. The molecule has 0 saturated heterocycles. The average Bonchev–Trinajstić information content (AvgIpc) is 2.92. The van der Waals surface area contributed by atoms with E-state index in [2.05, 4.69) is 31.5 Å². The zero-order valence-electron chi connectivity index (χ0n) is 12.0. The average molecular weight is 408 g/mol. The van der Waals surface area contributed by atoms with Crippen LogP contribution in [0.15, 0.2) is 28.9 Å². The summed E-state index contributed by atoms with van der Waals surface area (Å²) in [5.74, 6) is -0.230. The molecule has 2 N–H and O–H groups in total. The largest absolute Gasteiger partial charge is 0.427 e. The summed E-state index contributed by atoms with van der Waals surface area (Å²) in [5.41, 5.74) is 1.61. The lowest BCUT2D eigenvalue weighted by Crippen LogP contribution is -2.16. The van der Waals surface area contributed by atoms with E-state index < -0.39 is 11.1 Å². The zero-order valence-corrected chi connectivity index (χ0v) is 14.4. The van der Waals surface area contributed by atoms with Crippen LogP contribution >= 0.6 is 27.3 Å². The summed E-state index contributed by atoms with van der Waals surface area (Å²) < 4.78 is 38.2. The zero-order chi connectivity index (χ0) is 17.0. The van der Waals surface area contributed by atoms with Crippen LogP contribution in [0.4, 0.5) is 24.0 Å². The Morgan fingerprint density at radius 3 is 2.78 bits per heavy atom. The molecule has 124 valence electrons. The number of nitrogens with zero attached hydrogens (tertiary/aromatic N) is 1. The second-order valence-corrected chi connectivity index (χ2v) is 6.66. The molecule has 1 heterocycles. The number of hydrogen-bond acceptors (Lipinski definition) is 4. The SMILES string of the molecule is Cc1ccc(Br)cc1NC(=O)CCNc1ncc(C(F)(F)F)s1. The predicted octanol–water partition coefficient (Wildman–Crippen LogP) is 4.67. The Kier molecular flexibility index (Phi) is 5.64. The van der Waals surface area contributed by atoms with Gasteiger partial charge in [0.25, 0.3) is 0 Å². The van der Waals surface area contributed by atoms with E-state index >= 15 is 0 Å². The topological polar surface area (TPSA) is 54.0 Å². The fraction of sp³-hybridized carbons (Fsp3) is 0.286. The first kappa shape index (κ1) is 17.7. The summed E-state index contributed by atoms with van der Waals surface area (Å²) in [4.78, 5) is 14.7. The maximum atomic E-state index is 12.4. The molecule has 0 aliphatic rings. The highest BCUT2D eigenvalue weighted by molar-refractivity contribution is 9.10. The van der Waals surface area contributed by atoms with Crippen LogP contribution in [0, 0.1) is 6.92 Å². The van der Waals surface area contributed by atoms with Crippen LogP contribution in [0.25, 0.3) is 0 Å². The number of carbonyl (C=O) groups is 1. The Morgan fingerprint density at radius 1 is 1.39 bits per heavy atom. The number of alkyl halides is 3. The van der Waals surface area contributed by atoms with Crippen LogP contribution < -0.4 is 10.6 Å². The van der Waals surface area contributed by atoms with Gasteiger partial charge in [-0.25, -0.2) is 4.98 Å². The second kappa shape index (κ2) is 7.31. The van der Waals surface area contributed by atoms with Crippen LogP contribution in [0.1, 0.15) is 16.9 Å². The lowest BCUT2D eigenvalue weighted by Gasteiger charge is -2.09. The van der Waals surface area contributed by atoms with Crippen LogP contribution in [0.2, 0.25) is 0 Å². The van der Waals surface area contributed by atoms with Crippen LogP contribution in [-0.2, 0) is 11.0 Å². The Bertz CT molecular complexity index is 703. The third kappa shape index (κ3) is 5.21. The van der Waals surface area contributed by atoms with Gasteiger partial charge in [-0.1, -0.05) is 33.3 Å². The second-order valence-electron chi connectivity index (χ2n) is 4.71. The number of benzene rings is 1.